The number of aliphatic carboxylic acids is 1. The number of carboxylic acids is 1. The van der Waals surface area contributed by atoms with E-state index in [1.54, 1.807) is 0 Å². The van der Waals surface area contributed by atoms with E-state index in [1.807, 2.05) is 11.8 Å². The number of hydrogen-bond donors (Lipinski definition) is 3. The van der Waals surface area contributed by atoms with Crippen LogP contribution in [-0.4, -0.2) is 67.1 Å². The molecule has 46 heavy (non-hydrogen) atoms. The lowest BCUT2D eigenvalue weighted by molar-refractivity contribution is -0.198. The molecule has 3 heterocycles. The quantitative estimate of drug-likeness (QED) is 0.245. The minimum atomic E-state index is -4.92. The van der Waals surface area contributed by atoms with Gasteiger partial charge in [-0.05, 0) is 66.5 Å². The molecule has 15 heteroatoms. The summed E-state index contributed by atoms with van der Waals surface area (Å²) in [6.45, 7) is 3.42. The maximum absolute atomic E-state index is 14.7. The van der Waals surface area contributed by atoms with Gasteiger partial charge in [0, 0.05) is 36.3 Å². The fourth-order valence-corrected chi connectivity index (χ4v) is 7.75. The van der Waals surface area contributed by atoms with Gasteiger partial charge >= 0.3 is 12.1 Å². The molecule has 4 N–H and O–H groups in total. The molecule has 2 fully saturated rings. The van der Waals surface area contributed by atoms with Crippen molar-refractivity contribution in [3.05, 3.63) is 59.1 Å². The van der Waals surface area contributed by atoms with E-state index in [4.69, 9.17) is 22.1 Å². The number of nitrogens with one attached hydrogen (secondary N) is 1. The zero-order valence-electron chi connectivity index (χ0n) is 25.1. The predicted molar refractivity (Wildman–Crippen MR) is 168 cm³/mol. The number of anilines is 2. The van der Waals surface area contributed by atoms with Crippen LogP contribution in [0.3, 0.4) is 0 Å². The Bertz CT molecular complexity index is 1700. The van der Waals surface area contributed by atoms with Crippen LogP contribution >= 0.6 is 11.6 Å². The molecule has 2 aliphatic heterocycles. The number of hydrogen-bond acceptors (Lipinski definition) is 9. The van der Waals surface area contributed by atoms with Crippen LogP contribution in [0.1, 0.15) is 50.7 Å². The molecular weight excluding hydrogens is 647 g/mol. The van der Waals surface area contributed by atoms with Crippen LogP contribution < -0.4 is 20.7 Å². The summed E-state index contributed by atoms with van der Waals surface area (Å²) < 4.78 is 75.5. The number of piperidine rings is 1. The van der Waals surface area contributed by atoms with E-state index >= 15 is 0 Å². The lowest BCUT2D eigenvalue weighted by Gasteiger charge is -2.39. The first-order chi connectivity index (χ1) is 21.7. The van der Waals surface area contributed by atoms with E-state index in [-0.39, 0.29) is 43.7 Å². The highest BCUT2D eigenvalue weighted by molar-refractivity contribution is 7.91. The van der Waals surface area contributed by atoms with Crippen molar-refractivity contribution in [3.8, 4) is 17.0 Å². The number of rotatable bonds is 10. The first-order valence-corrected chi connectivity index (χ1v) is 16.9. The number of unbranched alkanes of at least 4 members (excludes halogenated alkanes) is 1. The summed E-state index contributed by atoms with van der Waals surface area (Å²) >= 11 is 6.22. The number of aromatic nitrogens is 2. The smallest absolute Gasteiger partial charge is 0.429 e. The van der Waals surface area contributed by atoms with Crippen molar-refractivity contribution >= 4 is 39.2 Å². The number of ether oxygens (including phenoxy) is 1. The predicted octanol–water partition coefficient (Wildman–Crippen LogP) is 5.67. The molecule has 0 bridgehead atoms. The summed E-state index contributed by atoms with van der Waals surface area (Å²) in [7, 11) is -3.66. The number of nitrogens with two attached hydrogens (primary N) is 1. The van der Waals surface area contributed by atoms with E-state index in [1.165, 1.54) is 48.5 Å². The van der Waals surface area contributed by atoms with Gasteiger partial charge in [-0.25, -0.2) is 8.42 Å². The van der Waals surface area contributed by atoms with Gasteiger partial charge in [0.25, 0.3) is 0 Å². The molecule has 2 atom stereocenters. The molecule has 2 saturated heterocycles. The summed E-state index contributed by atoms with van der Waals surface area (Å²) in [5, 5.41) is 12.6. The van der Waals surface area contributed by atoms with Crippen LogP contribution in [-0.2, 0) is 14.6 Å². The van der Waals surface area contributed by atoms with Crippen molar-refractivity contribution in [3.63, 3.8) is 0 Å². The lowest BCUT2D eigenvalue weighted by atomic mass is 9.76. The number of nitrogen functional groups attached to an aromatic ring is 1. The van der Waals surface area contributed by atoms with E-state index in [0.717, 1.165) is 0 Å². The van der Waals surface area contributed by atoms with Crippen molar-refractivity contribution in [1.82, 2.24) is 15.3 Å². The van der Waals surface area contributed by atoms with Crippen molar-refractivity contribution in [2.24, 2.45) is 5.41 Å². The Labute approximate surface area is 270 Å². The molecule has 10 nitrogen and oxygen atoms in total. The Morgan fingerprint density at radius 2 is 1.93 bits per heavy atom. The molecular formula is C31H35ClF3N5O5S. The number of carboxylic acid groups (broad SMARTS) is 1. The van der Waals surface area contributed by atoms with Gasteiger partial charge in [0.1, 0.15) is 11.9 Å². The first kappa shape index (κ1) is 33.7. The van der Waals surface area contributed by atoms with Gasteiger partial charge in [-0.2, -0.15) is 23.1 Å². The number of nitrogens with zero attached hydrogens (tertiary/aromatic N) is 3. The fraction of sp³-hybridized carbons (Fsp3) is 0.452. The molecule has 0 radical (unpaired) electrons. The Morgan fingerprint density at radius 1 is 1.20 bits per heavy atom. The molecule has 1 unspecified atom stereocenters. The zero-order chi connectivity index (χ0) is 33.3. The molecule has 5 rings (SSSR count). The van der Waals surface area contributed by atoms with Gasteiger partial charge in [-0.15, -0.1) is 0 Å². The topological polar surface area (TPSA) is 148 Å². The van der Waals surface area contributed by atoms with Gasteiger partial charge in [-0.3, -0.25) is 4.79 Å². The van der Waals surface area contributed by atoms with Crippen molar-refractivity contribution in [1.29, 1.82) is 0 Å². The molecule has 0 aliphatic carbocycles. The maximum Gasteiger partial charge on any atom is 0.429 e. The van der Waals surface area contributed by atoms with E-state index in [9.17, 15) is 31.5 Å². The van der Waals surface area contributed by atoms with Crippen LogP contribution in [0.4, 0.5) is 24.9 Å². The molecule has 248 valence electrons. The Hall–Kier alpha value is -3.62. The van der Waals surface area contributed by atoms with Crippen LogP contribution in [0.5, 0.6) is 5.88 Å². The minimum absolute atomic E-state index is 0.00255. The van der Waals surface area contributed by atoms with Crippen molar-refractivity contribution < 1.29 is 36.2 Å². The lowest BCUT2D eigenvalue weighted by Crippen LogP contribution is -2.41. The van der Waals surface area contributed by atoms with Gasteiger partial charge in [0.05, 0.1) is 10.6 Å². The molecule has 2 aromatic carbocycles. The largest absolute Gasteiger partial charge is 0.480 e. The summed E-state index contributed by atoms with van der Waals surface area (Å²) in [6.07, 6.45) is -4.48. The summed E-state index contributed by atoms with van der Waals surface area (Å²) in [4.78, 5) is 21.5. The maximum atomic E-state index is 14.7. The minimum Gasteiger partial charge on any atom is -0.480 e. The van der Waals surface area contributed by atoms with Crippen LogP contribution in [0.15, 0.2) is 53.4 Å². The van der Waals surface area contributed by atoms with Crippen LogP contribution in [0.2, 0.25) is 5.02 Å². The highest BCUT2D eigenvalue weighted by Gasteiger charge is 2.46. The summed E-state index contributed by atoms with van der Waals surface area (Å²) in [5.74, 6) is -1.35. The van der Waals surface area contributed by atoms with Gasteiger partial charge < -0.3 is 25.8 Å². The van der Waals surface area contributed by atoms with Crippen LogP contribution in [0, 0.1) is 5.41 Å². The number of carbonyl (C=O) groups is 1. The highest BCUT2D eigenvalue weighted by Crippen LogP contribution is 2.43. The molecule has 1 aromatic heterocycles. The van der Waals surface area contributed by atoms with Crippen molar-refractivity contribution in [2.45, 2.75) is 62.2 Å². The average Bonchev–Trinajstić information content (AvgIpc) is 3.42. The third-order valence-corrected chi connectivity index (χ3v) is 10.7. The number of halogens is 4. The van der Waals surface area contributed by atoms with Crippen LogP contribution in [0.25, 0.3) is 11.1 Å². The number of benzene rings is 2. The van der Waals surface area contributed by atoms with E-state index in [2.05, 4.69) is 15.3 Å². The third-order valence-electron chi connectivity index (χ3n) is 8.62. The number of sulfone groups is 1. The molecule has 3 aromatic rings. The Morgan fingerprint density at radius 3 is 2.59 bits per heavy atom. The summed E-state index contributed by atoms with van der Waals surface area (Å²) in [5.41, 5.74) is 5.73. The highest BCUT2D eigenvalue weighted by atomic mass is 35.5. The summed E-state index contributed by atoms with van der Waals surface area (Å²) in [6, 6.07) is 10.3. The Balaban J connectivity index is 1.44. The van der Waals surface area contributed by atoms with E-state index < -0.39 is 40.0 Å². The second-order valence-corrected chi connectivity index (χ2v) is 14.4. The number of alkyl halides is 3. The third kappa shape index (κ3) is 7.50. The van der Waals surface area contributed by atoms with Gasteiger partial charge in [-0.1, -0.05) is 43.1 Å². The monoisotopic (exact) mass is 681 g/mol. The zero-order valence-corrected chi connectivity index (χ0v) is 26.6. The fourth-order valence-electron chi connectivity index (χ4n) is 6.08. The SMILES string of the molecule is CCCCS(=O)(=O)c1cccc(-c2cc(Cl)ccc2[C@@H](Oc2cc(N3CCC4(CC3)CNC(C(=O)O)C4)nc(N)n2)C(F)(F)F)c1. The molecule has 2 aliphatic rings. The van der Waals surface area contributed by atoms with Gasteiger partial charge in [0.15, 0.2) is 9.84 Å². The normalized spacial score (nSPS) is 18.9. The van der Waals surface area contributed by atoms with Gasteiger partial charge in [0.2, 0.25) is 17.9 Å². The molecule has 0 saturated carbocycles. The standard InChI is InChI=1S/C31H35ClF3N5O5S/c1-2-3-13-46(43,44)21-6-4-5-19(14-21)23-15-20(32)7-8-22(23)27(31(33,34)35)45-26-16-25(38-29(36)39-26)40-11-9-30(10-12-40)17-24(28(41)42)37-18-30/h4-8,14-16,24,27,37H,2-3,9-13,17-18H2,1H3,(H,41,42)(H2,36,38,39)/t24?,27-/m1/s1. The second-order valence-electron chi connectivity index (χ2n) is 11.9. The Kier molecular flexibility index (Phi) is 9.71. The molecule has 1 spiro atoms. The van der Waals surface area contributed by atoms with E-state index in [0.29, 0.717) is 57.6 Å². The molecule has 0 amide bonds. The van der Waals surface area contributed by atoms with Crippen molar-refractivity contribution in [2.75, 3.05) is 36.0 Å². The second kappa shape index (κ2) is 13.2. The average molecular weight is 682 g/mol. The first-order valence-electron chi connectivity index (χ1n) is 14.9.